The van der Waals surface area contributed by atoms with Crippen LogP contribution in [-0.4, -0.2) is 10.9 Å². The van der Waals surface area contributed by atoms with Crippen molar-refractivity contribution < 1.29 is 9.90 Å². The number of phenolic OH excluding ortho intramolecular Hbond substituents is 1. The van der Waals surface area contributed by atoms with Gasteiger partial charge >= 0.3 is 0 Å². The van der Waals surface area contributed by atoms with Crippen LogP contribution in [0.25, 0.3) is 0 Å². The van der Waals surface area contributed by atoms with Gasteiger partial charge in [-0.05, 0) is 73.1 Å². The smallest absolute Gasteiger partial charge is 0.139 e. The average molecular weight is 314 g/mol. The van der Waals surface area contributed by atoms with Crippen LogP contribution in [0, 0.1) is 17.3 Å². The molecular formula is C21H30O2. The first kappa shape index (κ1) is 16.5. The Morgan fingerprint density at radius 3 is 2.65 bits per heavy atom. The molecule has 126 valence electrons. The molecule has 0 amide bonds. The Kier molecular flexibility index (Phi) is 4.53. The summed E-state index contributed by atoms with van der Waals surface area (Å²) in [6, 6.07) is 5.90. The zero-order valence-electron chi connectivity index (χ0n) is 14.8. The van der Waals surface area contributed by atoms with Gasteiger partial charge in [-0.1, -0.05) is 33.3 Å². The molecular weight excluding hydrogens is 284 g/mol. The minimum Gasteiger partial charge on any atom is -0.508 e. The van der Waals surface area contributed by atoms with E-state index in [1.54, 1.807) is 0 Å². The minimum absolute atomic E-state index is 0.0322. The molecule has 4 atom stereocenters. The van der Waals surface area contributed by atoms with Gasteiger partial charge in [-0.3, -0.25) is 4.79 Å². The first-order valence-corrected chi connectivity index (χ1v) is 9.36. The Balaban J connectivity index is 0.000000485. The van der Waals surface area contributed by atoms with Crippen molar-refractivity contribution in [1.29, 1.82) is 0 Å². The molecule has 23 heavy (non-hydrogen) atoms. The number of rotatable bonds is 0. The van der Waals surface area contributed by atoms with Gasteiger partial charge in [0.15, 0.2) is 0 Å². The van der Waals surface area contributed by atoms with E-state index in [1.165, 1.54) is 24.0 Å². The fraction of sp³-hybridized carbons (Fsp3) is 0.667. The van der Waals surface area contributed by atoms with Crippen molar-refractivity contribution in [2.45, 2.75) is 71.6 Å². The number of hydrogen-bond donors (Lipinski definition) is 1. The summed E-state index contributed by atoms with van der Waals surface area (Å²) in [4.78, 5) is 12.3. The van der Waals surface area contributed by atoms with Gasteiger partial charge in [-0.15, -0.1) is 0 Å². The van der Waals surface area contributed by atoms with E-state index in [9.17, 15) is 9.90 Å². The highest BCUT2D eigenvalue weighted by atomic mass is 16.3. The van der Waals surface area contributed by atoms with Crippen molar-refractivity contribution in [3.8, 4) is 5.75 Å². The summed E-state index contributed by atoms with van der Waals surface area (Å²) in [6.45, 7) is 6.47. The first-order valence-electron chi connectivity index (χ1n) is 9.36. The van der Waals surface area contributed by atoms with Gasteiger partial charge in [-0.2, -0.15) is 0 Å². The molecule has 1 aromatic carbocycles. The maximum atomic E-state index is 12.3. The van der Waals surface area contributed by atoms with E-state index in [0.717, 1.165) is 32.1 Å². The predicted molar refractivity (Wildman–Crippen MR) is 93.7 cm³/mol. The second-order valence-corrected chi connectivity index (χ2v) is 7.92. The fourth-order valence-corrected chi connectivity index (χ4v) is 5.34. The standard InChI is InChI=1S/C18H22O2.C3H8/c1-18-9-8-14-13-5-3-12(19)10-11(13)2-4-15(14)16(18)6-7-17(18)20;1-3-2/h3,5,10,14-16,19H,2,4,6-9H2,1H3;3H2,1-2H3. The Labute approximate surface area is 140 Å². The van der Waals surface area contributed by atoms with Gasteiger partial charge in [0.25, 0.3) is 0 Å². The van der Waals surface area contributed by atoms with E-state index < -0.39 is 0 Å². The van der Waals surface area contributed by atoms with Crippen LogP contribution >= 0.6 is 0 Å². The Morgan fingerprint density at radius 2 is 1.91 bits per heavy atom. The zero-order chi connectivity index (χ0) is 16.6. The largest absolute Gasteiger partial charge is 0.508 e. The molecule has 2 saturated carbocycles. The monoisotopic (exact) mass is 314 g/mol. The van der Waals surface area contributed by atoms with Crippen LogP contribution in [-0.2, 0) is 11.2 Å². The second kappa shape index (κ2) is 6.30. The van der Waals surface area contributed by atoms with Crippen LogP contribution < -0.4 is 0 Å². The number of benzene rings is 1. The molecule has 0 saturated heterocycles. The van der Waals surface area contributed by atoms with Crippen LogP contribution in [0.5, 0.6) is 5.75 Å². The molecule has 0 heterocycles. The summed E-state index contributed by atoms with van der Waals surface area (Å²) in [5, 5.41) is 9.67. The molecule has 0 aromatic heterocycles. The molecule has 0 bridgehead atoms. The van der Waals surface area contributed by atoms with E-state index in [4.69, 9.17) is 0 Å². The summed E-state index contributed by atoms with van der Waals surface area (Å²) in [5.41, 5.74) is 2.75. The third kappa shape index (κ3) is 2.70. The molecule has 2 nitrogen and oxygen atoms in total. The van der Waals surface area contributed by atoms with Crippen molar-refractivity contribution in [3.63, 3.8) is 0 Å². The molecule has 2 heteroatoms. The maximum Gasteiger partial charge on any atom is 0.139 e. The summed E-state index contributed by atoms with van der Waals surface area (Å²) < 4.78 is 0. The molecule has 2 fully saturated rings. The van der Waals surface area contributed by atoms with Gasteiger partial charge in [0.1, 0.15) is 11.5 Å². The molecule has 1 N–H and O–H groups in total. The molecule has 0 spiro atoms. The van der Waals surface area contributed by atoms with Gasteiger partial charge in [0.2, 0.25) is 0 Å². The second-order valence-electron chi connectivity index (χ2n) is 7.92. The molecule has 0 radical (unpaired) electrons. The maximum absolute atomic E-state index is 12.3. The number of Topliss-reactive ketones (excluding diaryl/α,β-unsaturated/α-hetero) is 1. The highest BCUT2D eigenvalue weighted by Crippen LogP contribution is 2.59. The third-order valence-electron chi connectivity index (χ3n) is 6.42. The zero-order valence-corrected chi connectivity index (χ0v) is 14.8. The SMILES string of the molecule is CC12CCC3c4ccc(O)cc4CCC3C1CCC2=O.CCC. The number of aryl methyl sites for hydroxylation is 1. The molecule has 3 aliphatic carbocycles. The number of phenols is 1. The number of ketones is 1. The lowest BCUT2D eigenvalue weighted by atomic mass is 9.55. The van der Waals surface area contributed by atoms with E-state index >= 15 is 0 Å². The summed E-state index contributed by atoms with van der Waals surface area (Å²) in [5.74, 6) is 2.78. The predicted octanol–water partition coefficient (Wildman–Crippen LogP) is 5.23. The Hall–Kier alpha value is -1.31. The van der Waals surface area contributed by atoms with Crippen molar-refractivity contribution in [2.24, 2.45) is 17.3 Å². The summed E-state index contributed by atoms with van der Waals surface area (Å²) >= 11 is 0. The van der Waals surface area contributed by atoms with Gasteiger partial charge < -0.3 is 5.11 Å². The summed E-state index contributed by atoms with van der Waals surface area (Å²) in [6.07, 6.45) is 7.59. The minimum atomic E-state index is -0.0322. The Bertz CT molecular complexity index is 592. The van der Waals surface area contributed by atoms with Crippen LogP contribution in [0.2, 0.25) is 0 Å². The molecule has 1 aromatic rings. The Morgan fingerprint density at radius 1 is 1.17 bits per heavy atom. The number of carbonyl (C=O) groups is 1. The molecule has 3 aliphatic rings. The topological polar surface area (TPSA) is 37.3 Å². The number of aromatic hydroxyl groups is 1. The van der Waals surface area contributed by atoms with E-state index in [1.807, 2.05) is 12.1 Å². The lowest BCUT2D eigenvalue weighted by Gasteiger charge is -2.48. The van der Waals surface area contributed by atoms with Crippen LogP contribution in [0.1, 0.15) is 76.3 Å². The van der Waals surface area contributed by atoms with Crippen molar-refractivity contribution >= 4 is 5.78 Å². The number of fused-ring (bicyclic) bond motifs is 5. The highest BCUT2D eigenvalue weighted by molar-refractivity contribution is 5.87. The lowest BCUT2D eigenvalue weighted by molar-refractivity contribution is -0.129. The molecule has 0 aliphatic heterocycles. The normalized spacial score (nSPS) is 34.7. The van der Waals surface area contributed by atoms with Gasteiger partial charge in [0.05, 0.1) is 0 Å². The first-order chi connectivity index (χ1) is 11.0. The van der Waals surface area contributed by atoms with Crippen LogP contribution in [0.3, 0.4) is 0 Å². The van der Waals surface area contributed by atoms with Crippen LogP contribution in [0.4, 0.5) is 0 Å². The van der Waals surface area contributed by atoms with Gasteiger partial charge in [-0.25, -0.2) is 0 Å². The van der Waals surface area contributed by atoms with Crippen LogP contribution in [0.15, 0.2) is 18.2 Å². The number of carbonyl (C=O) groups excluding carboxylic acids is 1. The fourth-order valence-electron chi connectivity index (χ4n) is 5.34. The van der Waals surface area contributed by atoms with E-state index in [-0.39, 0.29) is 5.41 Å². The molecule has 4 rings (SSSR count). The van der Waals surface area contributed by atoms with Crippen molar-refractivity contribution in [1.82, 2.24) is 0 Å². The van der Waals surface area contributed by atoms with Gasteiger partial charge in [0, 0.05) is 11.8 Å². The van der Waals surface area contributed by atoms with E-state index in [2.05, 4.69) is 26.8 Å². The van der Waals surface area contributed by atoms with Crippen molar-refractivity contribution in [3.05, 3.63) is 29.3 Å². The third-order valence-corrected chi connectivity index (χ3v) is 6.42. The quantitative estimate of drug-likeness (QED) is 0.711. The highest BCUT2D eigenvalue weighted by Gasteiger charge is 2.54. The molecule has 4 unspecified atom stereocenters. The lowest BCUT2D eigenvalue weighted by Crippen LogP contribution is -2.42. The summed E-state index contributed by atoms with van der Waals surface area (Å²) in [7, 11) is 0. The number of hydrogen-bond acceptors (Lipinski definition) is 2. The van der Waals surface area contributed by atoms with Crippen molar-refractivity contribution in [2.75, 3.05) is 0 Å². The van der Waals surface area contributed by atoms with E-state index in [0.29, 0.717) is 29.3 Å². The average Bonchev–Trinajstić information content (AvgIpc) is 2.83.